The van der Waals surface area contributed by atoms with Gasteiger partial charge >= 0.3 is 0 Å². The van der Waals surface area contributed by atoms with Gasteiger partial charge < -0.3 is 9.67 Å². The molecule has 2 aromatic carbocycles. The summed E-state index contributed by atoms with van der Waals surface area (Å²) in [5, 5.41) is 12.1. The van der Waals surface area contributed by atoms with Crippen LogP contribution in [0.1, 0.15) is 56.0 Å². The number of aromatic nitrogens is 2. The zero-order chi connectivity index (χ0) is 25.9. The lowest BCUT2D eigenvalue weighted by molar-refractivity contribution is 0.0787. The highest BCUT2D eigenvalue weighted by Gasteiger charge is 2.51. The number of thioether (sulfide) groups is 1. The second kappa shape index (κ2) is 9.02. The molecule has 8 heteroatoms. The van der Waals surface area contributed by atoms with Gasteiger partial charge in [-0.05, 0) is 75.1 Å². The number of fused-ring (bicyclic) bond motifs is 2. The smallest absolute Gasteiger partial charge is 0.169 e. The Morgan fingerprint density at radius 1 is 1.14 bits per heavy atom. The molecule has 0 bridgehead atoms. The first kappa shape index (κ1) is 25.5. The van der Waals surface area contributed by atoms with Crippen LogP contribution in [-0.4, -0.2) is 14.7 Å². The average Bonchev–Trinajstić information content (AvgIpc) is 3.34. The number of hydrogen-bond acceptors (Lipinski definition) is 3. The van der Waals surface area contributed by atoms with Crippen LogP contribution in [0.3, 0.4) is 0 Å². The highest BCUT2D eigenvalue weighted by atomic mass is 35.5. The van der Waals surface area contributed by atoms with E-state index >= 15 is 0 Å². The SMILES string of the molecule is CC(C)(O)c1ccc(C2(C)CC3(C=CC(F)=CC3)n3c2cnc3SCc2ccc(F)cc2Cl)cc1Cl. The molecule has 2 atom stereocenters. The summed E-state index contributed by atoms with van der Waals surface area (Å²) in [5.74, 6) is -0.107. The molecule has 0 fully saturated rings. The fourth-order valence-electron chi connectivity index (χ4n) is 5.37. The van der Waals surface area contributed by atoms with Crippen LogP contribution in [0.25, 0.3) is 0 Å². The Bertz CT molecular complexity index is 1410. The molecule has 3 aromatic rings. The van der Waals surface area contributed by atoms with Gasteiger partial charge in [-0.1, -0.05) is 59.2 Å². The number of imidazole rings is 1. The number of halogens is 4. The van der Waals surface area contributed by atoms with E-state index in [1.54, 1.807) is 26.0 Å². The van der Waals surface area contributed by atoms with Gasteiger partial charge in [0, 0.05) is 32.5 Å². The van der Waals surface area contributed by atoms with Crippen molar-refractivity contribution in [2.75, 3.05) is 0 Å². The molecule has 3 nitrogen and oxygen atoms in total. The second-order valence-corrected chi connectivity index (χ2v) is 12.0. The summed E-state index contributed by atoms with van der Waals surface area (Å²) in [4.78, 5) is 4.76. The fraction of sp³-hybridized carbons (Fsp3) is 0.321. The lowest BCUT2D eigenvalue weighted by atomic mass is 9.72. The maximum Gasteiger partial charge on any atom is 0.169 e. The van der Waals surface area contributed by atoms with E-state index in [4.69, 9.17) is 28.2 Å². The second-order valence-electron chi connectivity index (χ2n) is 10.3. The van der Waals surface area contributed by atoms with Crippen LogP contribution in [0.2, 0.25) is 10.0 Å². The minimum atomic E-state index is -1.06. The Kier molecular flexibility index (Phi) is 6.39. The molecule has 2 aliphatic rings. The number of benzene rings is 2. The Morgan fingerprint density at radius 2 is 1.92 bits per heavy atom. The van der Waals surface area contributed by atoms with Crippen LogP contribution in [0.5, 0.6) is 0 Å². The first-order valence-electron chi connectivity index (χ1n) is 11.7. The summed E-state index contributed by atoms with van der Waals surface area (Å²) in [5.41, 5.74) is 1.47. The Morgan fingerprint density at radius 3 is 2.56 bits per heavy atom. The average molecular weight is 547 g/mol. The molecular formula is C28H26Cl2F2N2OS. The number of nitrogens with zero attached hydrogens (tertiary/aromatic N) is 2. The lowest BCUT2D eigenvalue weighted by Gasteiger charge is -2.32. The first-order chi connectivity index (χ1) is 16.9. The fourth-order valence-corrected chi connectivity index (χ4v) is 7.16. The normalized spacial score (nSPS) is 23.3. The Balaban J connectivity index is 1.57. The molecule has 5 rings (SSSR count). The molecule has 1 spiro atoms. The van der Waals surface area contributed by atoms with Gasteiger partial charge in [-0.15, -0.1) is 0 Å². The van der Waals surface area contributed by atoms with Crippen LogP contribution < -0.4 is 0 Å². The number of hydrogen-bond donors (Lipinski definition) is 1. The maximum absolute atomic E-state index is 14.1. The minimum absolute atomic E-state index is 0.249. The van der Waals surface area contributed by atoms with Crippen LogP contribution >= 0.6 is 35.0 Å². The Hall–Kier alpha value is -2.12. The first-order valence-corrected chi connectivity index (χ1v) is 13.4. The predicted molar refractivity (Wildman–Crippen MR) is 142 cm³/mol. The van der Waals surface area contributed by atoms with E-state index in [9.17, 15) is 13.9 Å². The van der Waals surface area contributed by atoms with E-state index in [2.05, 4.69) is 11.5 Å². The van der Waals surface area contributed by atoms with E-state index < -0.39 is 16.6 Å². The van der Waals surface area contributed by atoms with Crippen molar-refractivity contribution in [3.63, 3.8) is 0 Å². The topological polar surface area (TPSA) is 38.0 Å². The minimum Gasteiger partial charge on any atom is -0.386 e. The maximum atomic E-state index is 14.1. The molecule has 1 aliphatic carbocycles. The predicted octanol–water partition coefficient (Wildman–Crippen LogP) is 8.07. The van der Waals surface area contributed by atoms with Crippen molar-refractivity contribution in [2.45, 2.75) is 61.1 Å². The summed E-state index contributed by atoms with van der Waals surface area (Å²) < 4.78 is 29.8. The molecule has 0 amide bonds. The van der Waals surface area contributed by atoms with Crippen LogP contribution in [0.4, 0.5) is 8.78 Å². The van der Waals surface area contributed by atoms with Crippen molar-refractivity contribution in [3.8, 4) is 0 Å². The van der Waals surface area contributed by atoms with Crippen molar-refractivity contribution in [1.29, 1.82) is 0 Å². The molecule has 1 N–H and O–H groups in total. The van der Waals surface area contributed by atoms with Crippen LogP contribution in [0.15, 0.2) is 71.8 Å². The molecule has 0 radical (unpaired) electrons. The standard InChI is InChI=1S/C28H26Cl2F2N2OS/c1-26(2,35)21-7-5-18(12-23(21)30)27(3)16-28(10-8-19(31)9-11-28)34-24(27)14-33-25(34)36-15-17-4-6-20(32)13-22(17)29/h4-10,12-14,35H,11,15-16H2,1-3H3. The molecule has 2 heterocycles. The van der Waals surface area contributed by atoms with Crippen molar-refractivity contribution < 1.29 is 13.9 Å². The number of rotatable bonds is 5. The van der Waals surface area contributed by atoms with E-state index in [0.717, 1.165) is 22.0 Å². The lowest BCUT2D eigenvalue weighted by Crippen LogP contribution is -2.31. The zero-order valence-electron chi connectivity index (χ0n) is 20.2. The monoisotopic (exact) mass is 546 g/mol. The van der Waals surface area contributed by atoms with Crippen LogP contribution in [-0.2, 0) is 22.3 Å². The molecule has 2 unspecified atom stereocenters. The number of allylic oxidation sites excluding steroid dienone is 4. The number of aliphatic hydroxyl groups is 1. The van der Waals surface area contributed by atoms with Gasteiger partial charge in [-0.2, -0.15) is 0 Å². The van der Waals surface area contributed by atoms with Crippen molar-refractivity contribution in [3.05, 3.63) is 105 Å². The van der Waals surface area contributed by atoms with Gasteiger partial charge in [0.15, 0.2) is 5.16 Å². The van der Waals surface area contributed by atoms with Crippen molar-refractivity contribution in [2.24, 2.45) is 0 Å². The summed E-state index contributed by atoms with van der Waals surface area (Å²) in [6.07, 6.45) is 8.14. The zero-order valence-corrected chi connectivity index (χ0v) is 22.5. The third-order valence-electron chi connectivity index (χ3n) is 7.24. The molecular weight excluding hydrogens is 521 g/mol. The summed E-state index contributed by atoms with van der Waals surface area (Å²) >= 11 is 14.4. The van der Waals surface area contributed by atoms with Crippen molar-refractivity contribution in [1.82, 2.24) is 9.55 Å². The third-order valence-corrected chi connectivity index (χ3v) is 8.91. The van der Waals surface area contributed by atoms with Gasteiger partial charge in [-0.3, -0.25) is 0 Å². The quantitative estimate of drug-likeness (QED) is 0.329. The highest BCUT2D eigenvalue weighted by molar-refractivity contribution is 7.98. The summed E-state index contributed by atoms with van der Waals surface area (Å²) in [6.45, 7) is 5.57. The molecule has 1 aromatic heterocycles. The van der Waals surface area contributed by atoms with Gasteiger partial charge in [-0.25, -0.2) is 13.8 Å². The summed E-state index contributed by atoms with van der Waals surface area (Å²) in [7, 11) is 0. The van der Waals surface area contributed by atoms with E-state index in [0.29, 0.717) is 34.2 Å². The molecule has 0 saturated carbocycles. The van der Waals surface area contributed by atoms with Gasteiger partial charge in [0.05, 0.1) is 17.3 Å². The third kappa shape index (κ3) is 4.32. The largest absolute Gasteiger partial charge is 0.386 e. The van der Waals surface area contributed by atoms with Gasteiger partial charge in [0.25, 0.3) is 0 Å². The highest BCUT2D eigenvalue weighted by Crippen LogP contribution is 2.54. The molecule has 36 heavy (non-hydrogen) atoms. The van der Waals surface area contributed by atoms with Crippen LogP contribution in [0, 0.1) is 5.82 Å². The molecule has 0 saturated heterocycles. The van der Waals surface area contributed by atoms with Gasteiger partial charge in [0.2, 0.25) is 0 Å². The van der Waals surface area contributed by atoms with E-state index in [-0.39, 0.29) is 11.6 Å². The molecule has 1 aliphatic heterocycles. The molecule has 188 valence electrons. The van der Waals surface area contributed by atoms with Gasteiger partial charge in [0.1, 0.15) is 11.6 Å². The Labute approximate surface area is 223 Å². The van der Waals surface area contributed by atoms with Crippen molar-refractivity contribution >= 4 is 35.0 Å². The van der Waals surface area contributed by atoms with E-state index in [1.807, 2.05) is 30.5 Å². The summed E-state index contributed by atoms with van der Waals surface area (Å²) in [6, 6.07) is 10.2. The van der Waals surface area contributed by atoms with E-state index in [1.165, 1.54) is 30.0 Å².